The van der Waals surface area contributed by atoms with Crippen molar-refractivity contribution in [3.63, 3.8) is 0 Å². The number of carbonyl (C=O) groups is 1. The van der Waals surface area contributed by atoms with E-state index in [0.717, 1.165) is 5.75 Å². The largest absolute Gasteiger partial charge is 0.455 e. The van der Waals surface area contributed by atoms with Gasteiger partial charge in [0.25, 0.3) is 0 Å². The second-order valence-corrected chi connectivity index (χ2v) is 6.17. The van der Waals surface area contributed by atoms with E-state index < -0.39 is 0 Å². The van der Waals surface area contributed by atoms with Gasteiger partial charge in [-0.15, -0.1) is 23.7 Å². The number of hydrogen-bond donors (Lipinski definition) is 2. The zero-order valence-corrected chi connectivity index (χ0v) is 15.1. The third-order valence-corrected chi connectivity index (χ3v) is 4.17. The fraction of sp³-hybridized carbons (Fsp3) is 0.105. The number of amides is 1. The van der Waals surface area contributed by atoms with Crippen LogP contribution in [0.15, 0.2) is 72.1 Å². The van der Waals surface area contributed by atoms with Gasteiger partial charge in [0.05, 0.1) is 12.2 Å². The molecule has 130 valence electrons. The van der Waals surface area contributed by atoms with Gasteiger partial charge in [-0.05, 0) is 35.7 Å². The lowest BCUT2D eigenvalue weighted by atomic mass is 10.3. The van der Waals surface area contributed by atoms with Crippen LogP contribution in [0.2, 0.25) is 0 Å². The van der Waals surface area contributed by atoms with Gasteiger partial charge in [0.15, 0.2) is 5.75 Å². The van der Waals surface area contributed by atoms with E-state index >= 15 is 0 Å². The van der Waals surface area contributed by atoms with Crippen molar-refractivity contribution in [3.05, 3.63) is 77.0 Å². The van der Waals surface area contributed by atoms with Gasteiger partial charge in [0.1, 0.15) is 5.75 Å². The van der Waals surface area contributed by atoms with Crippen molar-refractivity contribution in [1.82, 2.24) is 5.32 Å². The minimum Gasteiger partial charge on any atom is -0.455 e. The molecule has 25 heavy (non-hydrogen) atoms. The number of thiophene rings is 1. The molecule has 0 atom stereocenters. The van der Waals surface area contributed by atoms with Crippen LogP contribution in [0.3, 0.4) is 0 Å². The lowest BCUT2D eigenvalue weighted by Crippen LogP contribution is -2.27. The van der Waals surface area contributed by atoms with Gasteiger partial charge in [-0.2, -0.15) is 0 Å². The Labute approximate surface area is 157 Å². The third-order valence-electron chi connectivity index (χ3n) is 3.30. The van der Waals surface area contributed by atoms with Crippen LogP contribution in [0.4, 0.5) is 5.69 Å². The van der Waals surface area contributed by atoms with Crippen molar-refractivity contribution in [2.24, 2.45) is 0 Å². The van der Waals surface area contributed by atoms with Gasteiger partial charge >= 0.3 is 0 Å². The van der Waals surface area contributed by atoms with E-state index in [1.54, 1.807) is 11.3 Å². The van der Waals surface area contributed by atoms with Gasteiger partial charge in [-0.3, -0.25) is 4.79 Å². The first-order chi connectivity index (χ1) is 11.8. The fourth-order valence-corrected chi connectivity index (χ4v) is 2.86. The average Bonchev–Trinajstić information content (AvgIpc) is 3.11. The van der Waals surface area contributed by atoms with Crippen LogP contribution in [0, 0.1) is 0 Å². The predicted octanol–water partition coefficient (Wildman–Crippen LogP) is 4.69. The quantitative estimate of drug-likeness (QED) is 0.630. The zero-order valence-electron chi connectivity index (χ0n) is 13.5. The Bertz CT molecular complexity index is 779. The highest BCUT2D eigenvalue weighted by Crippen LogP contribution is 2.28. The predicted molar refractivity (Wildman–Crippen MR) is 105 cm³/mol. The average molecular weight is 375 g/mol. The van der Waals surface area contributed by atoms with Crippen LogP contribution >= 0.6 is 23.7 Å². The van der Waals surface area contributed by atoms with E-state index in [0.29, 0.717) is 18.0 Å². The Balaban J connectivity index is 0.00000225. The molecule has 2 N–H and O–H groups in total. The van der Waals surface area contributed by atoms with Crippen LogP contribution in [0.25, 0.3) is 0 Å². The van der Waals surface area contributed by atoms with E-state index in [9.17, 15) is 4.79 Å². The second-order valence-electron chi connectivity index (χ2n) is 5.14. The van der Waals surface area contributed by atoms with Crippen molar-refractivity contribution in [2.75, 3.05) is 11.9 Å². The molecular formula is C19H19ClN2O2S. The molecule has 0 spiro atoms. The van der Waals surface area contributed by atoms with Crippen LogP contribution in [0.5, 0.6) is 11.5 Å². The Hall–Kier alpha value is -2.34. The molecule has 0 unspecified atom stereocenters. The molecule has 0 saturated heterocycles. The number of ether oxygens (including phenoxy) is 1. The summed E-state index contributed by atoms with van der Waals surface area (Å²) in [7, 11) is 0. The molecule has 0 fully saturated rings. The Morgan fingerprint density at radius 3 is 2.48 bits per heavy atom. The van der Waals surface area contributed by atoms with Crippen LogP contribution in [0.1, 0.15) is 4.88 Å². The van der Waals surface area contributed by atoms with Gasteiger partial charge in [0, 0.05) is 11.4 Å². The van der Waals surface area contributed by atoms with Crippen molar-refractivity contribution in [1.29, 1.82) is 0 Å². The van der Waals surface area contributed by atoms with Gasteiger partial charge in [-0.25, -0.2) is 0 Å². The van der Waals surface area contributed by atoms with Crippen molar-refractivity contribution < 1.29 is 9.53 Å². The van der Waals surface area contributed by atoms with Crippen molar-refractivity contribution in [3.8, 4) is 11.5 Å². The van der Waals surface area contributed by atoms with E-state index in [2.05, 4.69) is 10.6 Å². The molecule has 0 saturated carbocycles. The highest BCUT2D eigenvalue weighted by molar-refractivity contribution is 7.09. The van der Waals surface area contributed by atoms with Crippen LogP contribution in [-0.4, -0.2) is 12.5 Å². The first kappa shape index (κ1) is 19.0. The summed E-state index contributed by atoms with van der Waals surface area (Å²) < 4.78 is 5.84. The number of hydrogen-bond acceptors (Lipinski definition) is 4. The lowest BCUT2D eigenvalue weighted by molar-refractivity contribution is -0.115. The fourth-order valence-electron chi connectivity index (χ4n) is 2.18. The number of rotatable bonds is 7. The molecule has 0 radical (unpaired) electrons. The second kappa shape index (κ2) is 9.84. The molecule has 0 bridgehead atoms. The maximum absolute atomic E-state index is 12.1. The molecule has 1 heterocycles. The van der Waals surface area contributed by atoms with Gasteiger partial charge in [-0.1, -0.05) is 36.4 Å². The van der Waals surface area contributed by atoms with Gasteiger partial charge in [0.2, 0.25) is 5.91 Å². The molecule has 4 nitrogen and oxygen atoms in total. The number of benzene rings is 2. The zero-order chi connectivity index (χ0) is 16.6. The maximum Gasteiger partial charge on any atom is 0.238 e. The lowest BCUT2D eigenvalue weighted by Gasteiger charge is -2.12. The van der Waals surface area contributed by atoms with Gasteiger partial charge < -0.3 is 15.4 Å². The molecular weight excluding hydrogens is 356 g/mol. The summed E-state index contributed by atoms with van der Waals surface area (Å²) in [5, 5.41) is 8.04. The summed E-state index contributed by atoms with van der Waals surface area (Å²) >= 11 is 1.67. The minimum atomic E-state index is -0.101. The number of para-hydroxylation sites is 3. The maximum atomic E-state index is 12.1. The molecule has 6 heteroatoms. The summed E-state index contributed by atoms with van der Waals surface area (Å²) in [4.78, 5) is 13.3. The topological polar surface area (TPSA) is 50.4 Å². The molecule has 0 aliphatic rings. The standard InChI is InChI=1S/C19H18N2O2S.ClH/c22-19(14-20-13-16-9-6-12-24-16)21-17-10-4-5-11-18(17)23-15-7-2-1-3-8-15;/h1-12,20H,13-14H2,(H,21,22);1H. The van der Waals surface area contributed by atoms with E-state index in [4.69, 9.17) is 4.74 Å². The summed E-state index contributed by atoms with van der Waals surface area (Å²) in [6, 6.07) is 20.9. The monoisotopic (exact) mass is 374 g/mol. The summed E-state index contributed by atoms with van der Waals surface area (Å²) in [6.45, 7) is 0.935. The Morgan fingerprint density at radius 1 is 0.960 bits per heavy atom. The number of halogens is 1. The summed E-state index contributed by atoms with van der Waals surface area (Å²) in [5.41, 5.74) is 0.657. The molecule has 3 aromatic rings. The molecule has 0 aliphatic carbocycles. The number of carbonyl (C=O) groups excluding carboxylic acids is 1. The van der Waals surface area contributed by atoms with E-state index in [-0.39, 0.29) is 24.9 Å². The van der Waals surface area contributed by atoms with Crippen LogP contribution < -0.4 is 15.4 Å². The minimum absolute atomic E-state index is 0. The molecule has 1 amide bonds. The Morgan fingerprint density at radius 2 is 1.72 bits per heavy atom. The first-order valence-corrected chi connectivity index (χ1v) is 8.54. The molecule has 0 aliphatic heterocycles. The van der Waals surface area contributed by atoms with E-state index in [1.807, 2.05) is 72.1 Å². The van der Waals surface area contributed by atoms with Crippen molar-refractivity contribution in [2.45, 2.75) is 6.54 Å². The number of anilines is 1. The Kier molecular flexibility index (Phi) is 7.47. The summed E-state index contributed by atoms with van der Waals surface area (Å²) in [5.74, 6) is 1.25. The number of nitrogens with one attached hydrogen (secondary N) is 2. The molecule has 1 aromatic heterocycles. The van der Waals surface area contributed by atoms with Crippen LogP contribution in [-0.2, 0) is 11.3 Å². The molecule has 2 aromatic carbocycles. The normalized spacial score (nSPS) is 9.92. The SMILES string of the molecule is Cl.O=C(CNCc1cccs1)Nc1ccccc1Oc1ccccc1. The first-order valence-electron chi connectivity index (χ1n) is 7.66. The highest BCUT2D eigenvalue weighted by Gasteiger charge is 2.08. The highest BCUT2D eigenvalue weighted by atomic mass is 35.5. The van der Waals surface area contributed by atoms with Crippen molar-refractivity contribution >= 4 is 35.3 Å². The smallest absolute Gasteiger partial charge is 0.238 e. The third kappa shape index (κ3) is 5.90. The summed E-state index contributed by atoms with van der Waals surface area (Å²) in [6.07, 6.45) is 0. The molecule has 3 rings (SSSR count). The van der Waals surface area contributed by atoms with E-state index in [1.165, 1.54) is 4.88 Å².